The molecule has 1 aromatic carbocycles. The maximum Gasteiger partial charge on any atom is 0.129 e. The van der Waals surface area contributed by atoms with E-state index >= 15 is 0 Å². The first-order chi connectivity index (χ1) is 9.10. The predicted molar refractivity (Wildman–Crippen MR) is 77.4 cm³/mol. The second kappa shape index (κ2) is 6.22. The molecule has 0 atom stereocenters. The monoisotopic (exact) mass is 298 g/mol. The van der Waals surface area contributed by atoms with Crippen LogP contribution in [0.3, 0.4) is 0 Å². The molecule has 0 amide bonds. The van der Waals surface area contributed by atoms with E-state index in [0.29, 0.717) is 29.0 Å². The van der Waals surface area contributed by atoms with Gasteiger partial charge in [0.05, 0.1) is 17.3 Å². The first-order valence-corrected chi connectivity index (χ1v) is 6.67. The van der Waals surface area contributed by atoms with Crippen molar-refractivity contribution in [3.63, 3.8) is 0 Å². The molecule has 19 heavy (non-hydrogen) atoms. The van der Waals surface area contributed by atoms with E-state index < -0.39 is 0 Å². The number of pyridine rings is 1. The summed E-state index contributed by atoms with van der Waals surface area (Å²) in [6.07, 6.45) is 0. The molecule has 0 bridgehead atoms. The van der Waals surface area contributed by atoms with Crippen molar-refractivity contribution in [2.24, 2.45) is 0 Å². The Bertz CT molecular complexity index is 575. The van der Waals surface area contributed by atoms with E-state index in [0.717, 1.165) is 5.69 Å². The van der Waals surface area contributed by atoms with Crippen LogP contribution >= 0.6 is 23.2 Å². The molecule has 0 radical (unpaired) electrons. The first-order valence-electron chi connectivity index (χ1n) is 5.91. The van der Waals surface area contributed by atoms with Crippen molar-refractivity contribution in [3.05, 3.63) is 58.1 Å². The van der Waals surface area contributed by atoms with E-state index in [1.807, 2.05) is 17.9 Å². The normalized spacial score (nSPS) is 10.5. The van der Waals surface area contributed by atoms with Crippen LogP contribution in [0.4, 0.5) is 10.1 Å². The number of hydrogen-bond acceptors (Lipinski definition) is 2. The molecule has 1 heterocycles. The molecule has 1 aromatic heterocycles. The van der Waals surface area contributed by atoms with Crippen LogP contribution in [0.5, 0.6) is 0 Å². The van der Waals surface area contributed by atoms with E-state index in [1.54, 1.807) is 18.2 Å². The molecule has 0 aliphatic heterocycles. The lowest BCUT2D eigenvalue weighted by Gasteiger charge is -2.23. The smallest absolute Gasteiger partial charge is 0.129 e. The zero-order chi connectivity index (χ0) is 13.8. The van der Waals surface area contributed by atoms with Gasteiger partial charge in [-0.25, -0.2) is 9.37 Å². The van der Waals surface area contributed by atoms with Gasteiger partial charge < -0.3 is 4.90 Å². The van der Waals surface area contributed by atoms with Gasteiger partial charge in [-0.2, -0.15) is 0 Å². The Balaban J connectivity index is 2.26. The van der Waals surface area contributed by atoms with E-state index in [4.69, 9.17) is 23.2 Å². The van der Waals surface area contributed by atoms with Gasteiger partial charge in [-0.3, -0.25) is 0 Å². The quantitative estimate of drug-likeness (QED) is 0.770. The van der Waals surface area contributed by atoms with Gasteiger partial charge >= 0.3 is 0 Å². The van der Waals surface area contributed by atoms with Gasteiger partial charge in [-0.05, 0) is 37.3 Å². The largest absolute Gasteiger partial charge is 0.366 e. The van der Waals surface area contributed by atoms with Crippen LogP contribution in [-0.4, -0.2) is 11.5 Å². The molecular formula is C14H13Cl2FN2. The average molecular weight is 299 g/mol. The van der Waals surface area contributed by atoms with Crippen LogP contribution < -0.4 is 4.90 Å². The van der Waals surface area contributed by atoms with Gasteiger partial charge in [0.25, 0.3) is 0 Å². The van der Waals surface area contributed by atoms with Crippen molar-refractivity contribution >= 4 is 28.9 Å². The highest BCUT2D eigenvalue weighted by Gasteiger charge is 2.10. The van der Waals surface area contributed by atoms with Crippen LogP contribution in [0.25, 0.3) is 0 Å². The number of anilines is 1. The molecule has 2 rings (SSSR count). The minimum absolute atomic E-state index is 0.263. The fourth-order valence-electron chi connectivity index (χ4n) is 1.81. The fraction of sp³-hybridized carbons (Fsp3) is 0.214. The Kier molecular flexibility index (Phi) is 4.61. The van der Waals surface area contributed by atoms with Crippen molar-refractivity contribution < 1.29 is 4.39 Å². The van der Waals surface area contributed by atoms with E-state index in [9.17, 15) is 4.39 Å². The molecule has 2 nitrogen and oxygen atoms in total. The van der Waals surface area contributed by atoms with Crippen molar-refractivity contribution in [1.29, 1.82) is 0 Å². The Morgan fingerprint density at radius 3 is 2.68 bits per heavy atom. The molecule has 0 spiro atoms. The van der Waals surface area contributed by atoms with E-state index in [2.05, 4.69) is 4.98 Å². The molecule has 0 unspecified atom stereocenters. The number of rotatable bonds is 4. The van der Waals surface area contributed by atoms with Gasteiger partial charge in [0.1, 0.15) is 11.0 Å². The van der Waals surface area contributed by atoms with Gasteiger partial charge in [-0.1, -0.05) is 29.3 Å². The highest BCUT2D eigenvalue weighted by atomic mass is 35.5. The highest BCUT2D eigenvalue weighted by Crippen LogP contribution is 2.22. The van der Waals surface area contributed by atoms with Crippen LogP contribution in [-0.2, 0) is 6.54 Å². The third-order valence-electron chi connectivity index (χ3n) is 2.78. The molecule has 0 aliphatic carbocycles. The summed E-state index contributed by atoms with van der Waals surface area (Å²) in [4.78, 5) is 6.19. The third-order valence-corrected chi connectivity index (χ3v) is 3.33. The highest BCUT2D eigenvalue weighted by molar-refractivity contribution is 6.32. The Morgan fingerprint density at radius 2 is 2.00 bits per heavy atom. The summed E-state index contributed by atoms with van der Waals surface area (Å²) >= 11 is 12.0. The fourth-order valence-corrected chi connectivity index (χ4v) is 2.14. The Labute approximate surface area is 121 Å². The van der Waals surface area contributed by atoms with Crippen molar-refractivity contribution in [1.82, 2.24) is 4.98 Å². The van der Waals surface area contributed by atoms with E-state index in [-0.39, 0.29) is 5.82 Å². The Morgan fingerprint density at radius 1 is 1.21 bits per heavy atom. The van der Waals surface area contributed by atoms with Gasteiger partial charge in [-0.15, -0.1) is 0 Å². The van der Waals surface area contributed by atoms with Crippen molar-refractivity contribution in [2.45, 2.75) is 13.5 Å². The minimum Gasteiger partial charge on any atom is -0.366 e. The molecule has 0 N–H and O–H groups in total. The molecule has 0 aliphatic rings. The molecule has 0 saturated heterocycles. The standard InChI is InChI=1S/C14H13Cl2FN2/c1-2-19(11-5-3-4-10(17)8-11)9-13-12(15)6-7-14(16)18-13/h3-8H,2,9H2,1H3. The van der Waals surface area contributed by atoms with Crippen molar-refractivity contribution in [2.75, 3.05) is 11.4 Å². The first kappa shape index (κ1) is 14.1. The topological polar surface area (TPSA) is 16.1 Å². The third kappa shape index (κ3) is 3.58. The molecule has 5 heteroatoms. The maximum atomic E-state index is 13.3. The van der Waals surface area contributed by atoms with Crippen LogP contribution in [0.2, 0.25) is 10.2 Å². The predicted octanol–water partition coefficient (Wildman–Crippen LogP) is 4.55. The summed E-state index contributed by atoms with van der Waals surface area (Å²) in [6.45, 7) is 3.19. The lowest BCUT2D eigenvalue weighted by atomic mass is 10.2. The molecule has 0 saturated carbocycles. The van der Waals surface area contributed by atoms with Crippen LogP contribution in [0.1, 0.15) is 12.6 Å². The summed E-state index contributed by atoms with van der Waals surface area (Å²) in [7, 11) is 0. The van der Waals surface area contributed by atoms with Crippen molar-refractivity contribution in [3.8, 4) is 0 Å². The number of aromatic nitrogens is 1. The van der Waals surface area contributed by atoms with Crippen LogP contribution in [0.15, 0.2) is 36.4 Å². The molecule has 2 aromatic rings. The number of hydrogen-bond donors (Lipinski definition) is 0. The lowest BCUT2D eigenvalue weighted by molar-refractivity contribution is 0.626. The second-order valence-electron chi connectivity index (χ2n) is 4.06. The van der Waals surface area contributed by atoms with Crippen LogP contribution in [0, 0.1) is 5.82 Å². The minimum atomic E-state index is -0.263. The summed E-state index contributed by atoms with van der Waals surface area (Å²) in [5.41, 5.74) is 1.47. The summed E-state index contributed by atoms with van der Waals surface area (Å²) in [5, 5.41) is 0.953. The average Bonchev–Trinajstić information content (AvgIpc) is 2.39. The summed E-state index contributed by atoms with van der Waals surface area (Å²) in [5.74, 6) is -0.263. The number of nitrogens with zero attached hydrogens (tertiary/aromatic N) is 2. The SMILES string of the molecule is CCN(Cc1nc(Cl)ccc1Cl)c1cccc(F)c1. The maximum absolute atomic E-state index is 13.3. The van der Waals surface area contributed by atoms with Gasteiger partial charge in [0, 0.05) is 12.2 Å². The summed E-state index contributed by atoms with van der Waals surface area (Å²) in [6, 6.07) is 9.80. The molecule has 0 fully saturated rings. The van der Waals surface area contributed by atoms with E-state index in [1.165, 1.54) is 12.1 Å². The Hall–Kier alpha value is -1.32. The summed E-state index contributed by atoms with van der Waals surface area (Å²) < 4.78 is 13.3. The number of benzene rings is 1. The lowest BCUT2D eigenvalue weighted by Crippen LogP contribution is -2.23. The van der Waals surface area contributed by atoms with Gasteiger partial charge in [0.15, 0.2) is 0 Å². The number of halogens is 3. The van der Waals surface area contributed by atoms with Gasteiger partial charge in [0.2, 0.25) is 0 Å². The molecule has 100 valence electrons. The second-order valence-corrected chi connectivity index (χ2v) is 4.85. The zero-order valence-corrected chi connectivity index (χ0v) is 11.9. The molecular weight excluding hydrogens is 286 g/mol. The zero-order valence-electron chi connectivity index (χ0n) is 10.4.